The minimum atomic E-state index is 0. The van der Waals surface area contributed by atoms with Gasteiger partial charge in [0.15, 0.2) is 5.96 Å². The molecule has 2 heterocycles. The average Bonchev–Trinajstić information content (AvgIpc) is 3.27. The average molecular weight is 546 g/mol. The van der Waals surface area contributed by atoms with Gasteiger partial charge >= 0.3 is 0 Å². The Bertz CT molecular complexity index is 647. The van der Waals surface area contributed by atoms with E-state index in [1.165, 1.54) is 12.8 Å². The highest BCUT2D eigenvalue weighted by atomic mass is 127. The zero-order valence-electron chi connectivity index (χ0n) is 19.0. The van der Waals surface area contributed by atoms with Crippen LogP contribution in [0.3, 0.4) is 0 Å². The van der Waals surface area contributed by atoms with Crippen molar-refractivity contribution in [2.75, 3.05) is 32.9 Å². The van der Waals surface area contributed by atoms with Crippen LogP contribution in [0.5, 0.6) is 5.88 Å². The monoisotopic (exact) mass is 546 g/mol. The highest BCUT2D eigenvalue weighted by molar-refractivity contribution is 14.0. The molecule has 1 aliphatic heterocycles. The van der Waals surface area contributed by atoms with Crippen molar-refractivity contribution in [2.24, 2.45) is 10.9 Å². The minimum Gasteiger partial charge on any atom is -0.474 e. The summed E-state index contributed by atoms with van der Waals surface area (Å²) in [5.74, 6) is 2.36. The van der Waals surface area contributed by atoms with E-state index in [0.717, 1.165) is 76.0 Å². The summed E-state index contributed by atoms with van der Waals surface area (Å²) >= 11 is 0. The Morgan fingerprint density at radius 1 is 1.19 bits per heavy atom. The number of nitrogens with zero attached hydrogens (tertiary/aromatic N) is 2. The van der Waals surface area contributed by atoms with Gasteiger partial charge in [-0.15, -0.1) is 24.0 Å². The van der Waals surface area contributed by atoms with Gasteiger partial charge in [-0.2, -0.15) is 0 Å². The third-order valence-corrected chi connectivity index (χ3v) is 5.67. The highest BCUT2D eigenvalue weighted by Crippen LogP contribution is 2.26. The number of guanidine groups is 1. The second kappa shape index (κ2) is 14.8. The number of ether oxygens (including phenoxy) is 3. The Morgan fingerprint density at radius 2 is 2.03 bits per heavy atom. The van der Waals surface area contributed by atoms with Crippen LogP contribution in [0, 0.1) is 5.92 Å². The fraction of sp³-hybridized carbons (Fsp3) is 0.739. The summed E-state index contributed by atoms with van der Waals surface area (Å²) in [6.45, 7) is 8.93. The number of aliphatic imine (C=N–C) groups is 1. The second-order valence-corrected chi connectivity index (χ2v) is 8.33. The molecule has 31 heavy (non-hydrogen) atoms. The van der Waals surface area contributed by atoms with Gasteiger partial charge in [-0.3, -0.25) is 0 Å². The maximum absolute atomic E-state index is 6.12. The van der Waals surface area contributed by atoms with Gasteiger partial charge in [0.2, 0.25) is 5.88 Å². The van der Waals surface area contributed by atoms with E-state index < -0.39 is 0 Å². The first-order chi connectivity index (χ1) is 14.7. The quantitative estimate of drug-likeness (QED) is 0.201. The summed E-state index contributed by atoms with van der Waals surface area (Å²) in [7, 11) is 0. The van der Waals surface area contributed by atoms with Crippen molar-refractivity contribution in [3.63, 3.8) is 0 Å². The molecular formula is C23H39IN4O3. The second-order valence-electron chi connectivity index (χ2n) is 8.33. The number of aromatic nitrogens is 1. The molecule has 1 saturated heterocycles. The smallest absolute Gasteiger partial charge is 0.213 e. The molecule has 1 atom stereocenters. The van der Waals surface area contributed by atoms with Gasteiger partial charge < -0.3 is 24.8 Å². The van der Waals surface area contributed by atoms with Crippen molar-refractivity contribution in [3.05, 3.63) is 23.9 Å². The van der Waals surface area contributed by atoms with Gasteiger partial charge in [0.1, 0.15) is 6.10 Å². The minimum absolute atomic E-state index is 0. The number of nitrogens with one attached hydrogen (secondary N) is 2. The van der Waals surface area contributed by atoms with Crippen LogP contribution in [0.4, 0.5) is 0 Å². The summed E-state index contributed by atoms with van der Waals surface area (Å²) in [4.78, 5) is 9.10. The van der Waals surface area contributed by atoms with E-state index in [1.54, 1.807) is 0 Å². The van der Waals surface area contributed by atoms with E-state index in [4.69, 9.17) is 19.2 Å². The number of pyridine rings is 1. The largest absolute Gasteiger partial charge is 0.474 e. The van der Waals surface area contributed by atoms with Crippen molar-refractivity contribution >= 4 is 29.9 Å². The van der Waals surface area contributed by atoms with Gasteiger partial charge in [0, 0.05) is 38.6 Å². The number of halogens is 1. The predicted octanol–water partition coefficient (Wildman–Crippen LogP) is 3.91. The van der Waals surface area contributed by atoms with Crippen LogP contribution in [0.15, 0.2) is 23.3 Å². The van der Waals surface area contributed by atoms with E-state index in [1.807, 2.05) is 18.3 Å². The van der Waals surface area contributed by atoms with Gasteiger partial charge in [-0.05, 0) is 63.0 Å². The molecule has 0 radical (unpaired) electrons. The lowest BCUT2D eigenvalue weighted by molar-refractivity contribution is 0.0420. The third-order valence-electron chi connectivity index (χ3n) is 5.67. The van der Waals surface area contributed by atoms with Crippen LogP contribution in [0.2, 0.25) is 0 Å². The van der Waals surface area contributed by atoms with E-state index in [2.05, 4.69) is 29.5 Å². The van der Waals surface area contributed by atoms with Crippen LogP contribution in [-0.2, 0) is 16.0 Å². The van der Waals surface area contributed by atoms with E-state index in [0.29, 0.717) is 18.5 Å². The first-order valence-electron chi connectivity index (χ1n) is 11.6. The van der Waals surface area contributed by atoms with Gasteiger partial charge in [0.05, 0.1) is 19.3 Å². The molecule has 8 heteroatoms. The lowest BCUT2D eigenvalue weighted by Gasteiger charge is -2.26. The molecule has 7 nitrogen and oxygen atoms in total. The van der Waals surface area contributed by atoms with Crippen molar-refractivity contribution in [2.45, 2.75) is 71.1 Å². The molecule has 2 fully saturated rings. The van der Waals surface area contributed by atoms with E-state index in [-0.39, 0.29) is 30.1 Å². The Hall–Kier alpha value is -1.13. The van der Waals surface area contributed by atoms with Crippen molar-refractivity contribution in [1.82, 2.24) is 15.6 Å². The summed E-state index contributed by atoms with van der Waals surface area (Å²) in [6, 6.07) is 4.02. The molecule has 176 valence electrons. The van der Waals surface area contributed by atoms with Crippen LogP contribution in [-0.4, -0.2) is 56.1 Å². The molecule has 1 unspecified atom stereocenters. The van der Waals surface area contributed by atoms with Gasteiger partial charge in [0.25, 0.3) is 0 Å². The van der Waals surface area contributed by atoms with Crippen LogP contribution < -0.4 is 15.4 Å². The van der Waals surface area contributed by atoms with Crippen LogP contribution in [0.1, 0.15) is 57.9 Å². The summed E-state index contributed by atoms with van der Waals surface area (Å²) in [5, 5.41) is 6.68. The van der Waals surface area contributed by atoms with Crippen LogP contribution in [0.25, 0.3) is 0 Å². The number of rotatable bonds is 10. The summed E-state index contributed by atoms with van der Waals surface area (Å²) in [5.41, 5.74) is 1.10. The lowest BCUT2D eigenvalue weighted by Crippen LogP contribution is -2.38. The molecule has 2 N–H and O–H groups in total. The fourth-order valence-corrected chi connectivity index (χ4v) is 3.82. The third kappa shape index (κ3) is 9.91. The fourth-order valence-electron chi connectivity index (χ4n) is 3.82. The zero-order valence-corrected chi connectivity index (χ0v) is 21.3. The predicted molar refractivity (Wildman–Crippen MR) is 134 cm³/mol. The summed E-state index contributed by atoms with van der Waals surface area (Å²) in [6.07, 6.45) is 9.06. The van der Waals surface area contributed by atoms with Crippen molar-refractivity contribution in [3.8, 4) is 5.88 Å². The van der Waals surface area contributed by atoms with Gasteiger partial charge in [-0.25, -0.2) is 9.98 Å². The van der Waals surface area contributed by atoms with E-state index in [9.17, 15) is 0 Å². The normalized spacial score (nSPS) is 23.8. The molecule has 1 aliphatic carbocycles. The topological polar surface area (TPSA) is 77.0 Å². The highest BCUT2D eigenvalue weighted by Gasteiger charge is 2.20. The maximum atomic E-state index is 6.12. The standard InChI is InChI=1S/C23H38N4O3.HI/c1-3-24-23(26-11-4-13-29-21-10-14-28-17-21)27-16-19-9-12-25-22(15-19)30-20-7-5-18(2)6-8-20;/h9,12,15,18,20-21H,3-8,10-11,13-14,16-17H2,1-2H3,(H2,24,26,27);1H. The van der Waals surface area contributed by atoms with E-state index >= 15 is 0 Å². The van der Waals surface area contributed by atoms with Crippen molar-refractivity contribution in [1.29, 1.82) is 0 Å². The molecule has 1 saturated carbocycles. The first kappa shape index (κ1) is 26.1. The molecule has 0 bridgehead atoms. The molecule has 2 aliphatic rings. The number of hydrogen-bond acceptors (Lipinski definition) is 5. The zero-order chi connectivity index (χ0) is 21.0. The molecule has 1 aromatic rings. The molecule has 0 amide bonds. The lowest BCUT2D eigenvalue weighted by atomic mass is 9.89. The number of hydrogen-bond donors (Lipinski definition) is 2. The maximum Gasteiger partial charge on any atom is 0.213 e. The SMILES string of the molecule is CCNC(=NCc1ccnc(OC2CCC(C)CC2)c1)NCCCOC1CCOC1.I. The summed E-state index contributed by atoms with van der Waals surface area (Å²) < 4.78 is 17.3. The molecule has 0 spiro atoms. The van der Waals surface area contributed by atoms with Crippen LogP contribution >= 0.6 is 24.0 Å². The molecular weight excluding hydrogens is 507 g/mol. The molecule has 0 aromatic carbocycles. The van der Waals surface area contributed by atoms with Crippen molar-refractivity contribution < 1.29 is 14.2 Å². The Kier molecular flexibility index (Phi) is 12.5. The molecule has 1 aromatic heterocycles. The van der Waals surface area contributed by atoms with Gasteiger partial charge in [-0.1, -0.05) is 6.92 Å². The Balaban J connectivity index is 0.00000341. The Labute approximate surface area is 204 Å². The Morgan fingerprint density at radius 3 is 2.77 bits per heavy atom. The molecule has 3 rings (SSSR count). The first-order valence-corrected chi connectivity index (χ1v) is 11.6.